The summed E-state index contributed by atoms with van der Waals surface area (Å²) in [7, 11) is -15.1. The van der Waals surface area contributed by atoms with Crippen LogP contribution in [0.25, 0.3) is 28.0 Å². The molecule has 0 spiro atoms. The highest BCUT2D eigenvalue weighted by Crippen LogP contribution is 2.39. The number of fused-ring (bicyclic) bond motifs is 2. The Balaban J connectivity index is 1.03. The Morgan fingerprint density at radius 1 is 0.603 bits per heavy atom. The fourth-order valence-corrected chi connectivity index (χ4v) is 9.49. The largest absolute Gasteiger partial charge is 0.478 e. The molecule has 0 radical (unpaired) electrons. The van der Waals surface area contributed by atoms with E-state index in [4.69, 9.17) is 11.5 Å². The van der Waals surface area contributed by atoms with Gasteiger partial charge in [-0.05, 0) is 127 Å². The van der Waals surface area contributed by atoms with Crippen molar-refractivity contribution in [3.05, 3.63) is 148 Å². The SMILES string of the molecule is Cc1cc(-c2ccc(N/N=C3/C=CC(=O)C(C(=O)O)=C3)c(C)c2)ccc1N=Nc1c(N)cc(N=Nc2cc3c(cc2S(=O)(=O)O)C=C(S(=O)(=O)O)/C(=N\Nc2ccc(S(=O)(=O)O)c4ccccc24)C3=O)cc1N. The van der Waals surface area contributed by atoms with E-state index < -0.39 is 85.1 Å². The molecular formula is C47H36N10O13S3. The second kappa shape index (κ2) is 19.4. The molecule has 2 aliphatic carbocycles. The van der Waals surface area contributed by atoms with Crippen LogP contribution in [0, 0.1) is 13.8 Å². The zero-order chi connectivity index (χ0) is 52.7. The molecule has 0 unspecified atom stereocenters. The topological polar surface area (TPSA) is 385 Å². The summed E-state index contributed by atoms with van der Waals surface area (Å²) in [5.74, 6) is -3.14. The molecule has 0 atom stereocenters. The number of hydrogen-bond donors (Lipinski definition) is 8. The van der Waals surface area contributed by atoms with Crippen molar-refractivity contribution in [3.8, 4) is 11.1 Å². The third-order valence-corrected chi connectivity index (χ3v) is 13.7. The minimum Gasteiger partial charge on any atom is -0.478 e. The zero-order valence-corrected chi connectivity index (χ0v) is 40.0. The highest BCUT2D eigenvalue weighted by Gasteiger charge is 2.35. The van der Waals surface area contributed by atoms with Gasteiger partial charge in [0.05, 0.1) is 39.8 Å². The Morgan fingerprint density at radius 3 is 1.85 bits per heavy atom. The first kappa shape index (κ1) is 50.5. The molecule has 6 aromatic carbocycles. The number of nitrogens with zero attached hydrogens (tertiary/aromatic N) is 6. The molecule has 0 bridgehead atoms. The number of aliphatic carboxylic acids is 1. The first-order valence-corrected chi connectivity index (χ1v) is 25.2. The van der Waals surface area contributed by atoms with Crippen LogP contribution in [0.4, 0.5) is 45.5 Å². The molecule has 26 heteroatoms. The number of carboxylic acids is 1. The number of hydrazone groups is 2. The van der Waals surface area contributed by atoms with Gasteiger partial charge in [0.1, 0.15) is 31.6 Å². The van der Waals surface area contributed by atoms with Crippen molar-refractivity contribution in [3.63, 3.8) is 0 Å². The van der Waals surface area contributed by atoms with Gasteiger partial charge in [0.2, 0.25) is 5.78 Å². The van der Waals surface area contributed by atoms with Gasteiger partial charge in [-0.2, -0.15) is 45.7 Å². The van der Waals surface area contributed by atoms with Crippen LogP contribution in [0.15, 0.2) is 166 Å². The van der Waals surface area contributed by atoms with Crippen molar-refractivity contribution in [1.29, 1.82) is 0 Å². The van der Waals surface area contributed by atoms with Gasteiger partial charge in [-0.3, -0.25) is 34.1 Å². The maximum absolute atomic E-state index is 14.0. The number of carbonyl (C=O) groups is 3. The van der Waals surface area contributed by atoms with Crippen molar-refractivity contribution in [2.45, 2.75) is 23.6 Å². The van der Waals surface area contributed by atoms with E-state index in [1.54, 1.807) is 12.1 Å². The molecule has 0 fully saturated rings. The van der Waals surface area contributed by atoms with Crippen LogP contribution < -0.4 is 22.3 Å². The minimum atomic E-state index is -5.24. The van der Waals surface area contributed by atoms with Gasteiger partial charge in [0.15, 0.2) is 11.5 Å². The summed E-state index contributed by atoms with van der Waals surface area (Å²) in [6, 6.07) is 23.3. The second-order valence-corrected chi connectivity index (χ2v) is 20.2. The summed E-state index contributed by atoms with van der Waals surface area (Å²) >= 11 is 0. The number of allylic oxidation sites excluding steroid dienone is 4. The van der Waals surface area contributed by atoms with Crippen molar-refractivity contribution >= 4 is 122 Å². The number of nitrogens with two attached hydrogens (primary N) is 2. The summed E-state index contributed by atoms with van der Waals surface area (Å²) < 4.78 is 104. The van der Waals surface area contributed by atoms with Crippen molar-refractivity contribution < 1.29 is 58.4 Å². The van der Waals surface area contributed by atoms with Gasteiger partial charge in [0, 0.05) is 16.3 Å². The lowest BCUT2D eigenvalue weighted by atomic mass is 9.94. The molecule has 73 heavy (non-hydrogen) atoms. The maximum Gasteiger partial charge on any atom is 0.339 e. The third kappa shape index (κ3) is 10.7. The standard InChI is InChI=1S/C47H36N10O13S3/c1-23-15-25(7-10-36(23)52-50-28-9-13-40(58)33(19-28)47(60)61)26-8-11-37(24(2)16-26)53-56-44-34(48)20-29(21-35(44)49)51-55-39-22-32-27(17-42(39)72(65,66)67)18-43(73(68,69)70)45(46(32)59)57-54-38-12-14-41(71(62,63)64)31-6-4-3-5-30(31)38/h3-22,52,54H,48-49H2,1-2H3,(H,60,61)(H,62,63,64)(H,65,66,67)(H,68,69,70)/b50-28-,55-51?,56-53?,57-45+. The number of Topliss-reactive ketones (excluding diaryl/α,β-unsaturated/α-hetero) is 1. The number of nitrogen functional groups attached to an aromatic ring is 2. The van der Waals surface area contributed by atoms with Gasteiger partial charge < -0.3 is 16.6 Å². The van der Waals surface area contributed by atoms with E-state index in [9.17, 15) is 58.4 Å². The minimum absolute atomic E-state index is 0.0279. The molecule has 0 saturated heterocycles. The summed E-state index contributed by atoms with van der Waals surface area (Å²) in [5, 5.41) is 34.2. The molecule has 370 valence electrons. The van der Waals surface area contributed by atoms with Crippen molar-refractivity contribution in [2.75, 3.05) is 22.3 Å². The number of hydrogen-bond acceptors (Lipinski definition) is 19. The lowest BCUT2D eigenvalue weighted by Gasteiger charge is -2.18. The van der Waals surface area contributed by atoms with Gasteiger partial charge in [-0.15, -0.1) is 10.2 Å². The predicted molar refractivity (Wildman–Crippen MR) is 271 cm³/mol. The molecule has 6 aromatic rings. The maximum atomic E-state index is 14.0. The van der Waals surface area contributed by atoms with E-state index in [0.717, 1.165) is 52.6 Å². The average Bonchev–Trinajstić information content (AvgIpc) is 3.31. The Labute approximate surface area is 414 Å². The van der Waals surface area contributed by atoms with Crippen LogP contribution in [-0.2, 0) is 39.9 Å². The molecule has 2 aliphatic rings. The molecular weight excluding hydrogens is 1010 g/mol. The fourth-order valence-electron chi connectivity index (χ4n) is 7.49. The first-order valence-electron chi connectivity index (χ1n) is 20.9. The van der Waals surface area contributed by atoms with Crippen LogP contribution in [0.5, 0.6) is 0 Å². The Hall–Kier alpha value is -8.92. The Kier molecular flexibility index (Phi) is 13.4. The lowest BCUT2D eigenvalue weighted by Crippen LogP contribution is -2.27. The third-order valence-electron chi connectivity index (χ3n) is 11.1. The average molecular weight is 1050 g/mol. The first-order chi connectivity index (χ1) is 34.4. The molecule has 23 nitrogen and oxygen atoms in total. The number of benzene rings is 6. The molecule has 0 saturated carbocycles. The van der Waals surface area contributed by atoms with Crippen LogP contribution in [-0.4, -0.2) is 73.0 Å². The molecule has 0 amide bonds. The highest BCUT2D eigenvalue weighted by molar-refractivity contribution is 7.91. The summed E-state index contributed by atoms with van der Waals surface area (Å²) in [6.07, 6.45) is 4.46. The second-order valence-electron chi connectivity index (χ2n) is 16.0. The van der Waals surface area contributed by atoms with E-state index in [1.165, 1.54) is 54.6 Å². The Morgan fingerprint density at radius 2 is 1.22 bits per heavy atom. The van der Waals surface area contributed by atoms with E-state index in [2.05, 4.69) is 41.5 Å². The molecule has 0 aliphatic heterocycles. The van der Waals surface area contributed by atoms with Gasteiger partial charge in [-0.1, -0.05) is 36.4 Å². The number of carboxylic acid groups (broad SMARTS) is 1. The number of nitrogens with one attached hydrogen (secondary N) is 2. The van der Waals surface area contributed by atoms with Crippen LogP contribution >= 0.6 is 0 Å². The number of azo groups is 2. The highest BCUT2D eigenvalue weighted by atomic mass is 32.2. The molecule has 0 aromatic heterocycles. The predicted octanol–water partition coefficient (Wildman–Crippen LogP) is 8.42. The lowest BCUT2D eigenvalue weighted by molar-refractivity contribution is -0.134. The van der Waals surface area contributed by atoms with Crippen LogP contribution in [0.2, 0.25) is 0 Å². The zero-order valence-electron chi connectivity index (χ0n) is 37.6. The van der Waals surface area contributed by atoms with Crippen molar-refractivity contribution in [1.82, 2.24) is 0 Å². The normalized spacial score (nSPS) is 15.3. The Bertz CT molecular complexity index is 3990. The monoisotopic (exact) mass is 1040 g/mol. The number of aryl methyl sites for hydroxylation is 2. The van der Waals surface area contributed by atoms with Crippen LogP contribution in [0.3, 0.4) is 0 Å². The number of carbonyl (C=O) groups excluding carboxylic acids is 2. The van der Waals surface area contributed by atoms with Gasteiger partial charge >= 0.3 is 5.97 Å². The van der Waals surface area contributed by atoms with E-state index in [0.29, 0.717) is 11.4 Å². The van der Waals surface area contributed by atoms with Crippen LogP contribution in [0.1, 0.15) is 27.0 Å². The van der Waals surface area contributed by atoms with E-state index in [1.807, 2.05) is 38.1 Å². The number of anilines is 4. The van der Waals surface area contributed by atoms with E-state index >= 15 is 0 Å². The van der Waals surface area contributed by atoms with Gasteiger partial charge in [-0.25, -0.2) is 4.79 Å². The molecule has 10 N–H and O–H groups in total. The molecule has 8 rings (SSSR count). The smallest absolute Gasteiger partial charge is 0.339 e. The molecule has 0 heterocycles. The van der Waals surface area contributed by atoms with Crippen molar-refractivity contribution in [2.24, 2.45) is 30.7 Å². The number of ketones is 2. The summed E-state index contributed by atoms with van der Waals surface area (Å²) in [6.45, 7) is 3.67. The van der Waals surface area contributed by atoms with E-state index in [-0.39, 0.29) is 50.5 Å². The number of rotatable bonds is 13. The summed E-state index contributed by atoms with van der Waals surface area (Å²) in [4.78, 5) is 34.7. The fraction of sp³-hybridized carbons (Fsp3) is 0.0426. The summed E-state index contributed by atoms with van der Waals surface area (Å²) in [5.41, 5.74) is 20.0. The van der Waals surface area contributed by atoms with Gasteiger partial charge in [0.25, 0.3) is 30.4 Å². The quantitative estimate of drug-likeness (QED) is 0.0134.